The lowest BCUT2D eigenvalue weighted by Gasteiger charge is -2.29. The van der Waals surface area contributed by atoms with Crippen LogP contribution >= 0.6 is 12.2 Å². The number of nitrogens with one attached hydrogen (secondary N) is 2. The summed E-state index contributed by atoms with van der Waals surface area (Å²) in [5, 5.41) is 7.17. The Morgan fingerprint density at radius 2 is 1.79 bits per heavy atom. The van der Waals surface area contributed by atoms with E-state index in [2.05, 4.69) is 64.1 Å². The lowest BCUT2D eigenvalue weighted by atomic mass is 9.96. The monoisotopic (exact) mass is 524 g/mol. The van der Waals surface area contributed by atoms with E-state index in [9.17, 15) is 4.79 Å². The molecule has 4 aromatic rings. The molecule has 1 aliphatic rings. The van der Waals surface area contributed by atoms with Gasteiger partial charge in [-0.05, 0) is 99.1 Å². The molecular formula is C30H32N6OS. The molecule has 4 heterocycles. The fraction of sp³-hybridized carbons (Fsp3) is 0.267. The second-order valence-electron chi connectivity index (χ2n) is 9.70. The second kappa shape index (κ2) is 10.4. The quantitative estimate of drug-likeness (QED) is 0.300. The second-order valence-corrected chi connectivity index (χ2v) is 10.1. The highest BCUT2D eigenvalue weighted by Gasteiger charge is 2.42. The molecule has 3 aromatic heterocycles. The van der Waals surface area contributed by atoms with E-state index in [0.29, 0.717) is 11.5 Å². The summed E-state index contributed by atoms with van der Waals surface area (Å²) in [5.41, 5.74) is 8.13. The fourth-order valence-corrected chi connectivity index (χ4v) is 5.60. The van der Waals surface area contributed by atoms with E-state index >= 15 is 0 Å². The average Bonchev–Trinajstić information content (AvgIpc) is 3.41. The van der Waals surface area contributed by atoms with Crippen LogP contribution in [0, 0.1) is 27.7 Å². The first-order chi connectivity index (χ1) is 18.3. The molecule has 38 heavy (non-hydrogen) atoms. The predicted octanol–water partition coefficient (Wildman–Crippen LogP) is 6.03. The first-order valence-corrected chi connectivity index (χ1v) is 13.2. The van der Waals surface area contributed by atoms with Gasteiger partial charge in [0.15, 0.2) is 5.11 Å². The maximum Gasteiger partial charge on any atom is 0.224 e. The lowest BCUT2D eigenvalue weighted by Crippen LogP contribution is -2.29. The van der Waals surface area contributed by atoms with Crippen molar-refractivity contribution in [2.75, 3.05) is 10.2 Å². The number of aromatic nitrogens is 3. The first kappa shape index (κ1) is 25.6. The third-order valence-corrected chi connectivity index (χ3v) is 7.48. The minimum absolute atomic E-state index is 0.00967. The van der Waals surface area contributed by atoms with Gasteiger partial charge in [-0.1, -0.05) is 19.1 Å². The van der Waals surface area contributed by atoms with E-state index in [4.69, 9.17) is 17.2 Å². The molecule has 0 aliphatic carbocycles. The number of anilines is 2. The van der Waals surface area contributed by atoms with Crippen LogP contribution in [0.1, 0.15) is 59.2 Å². The van der Waals surface area contributed by atoms with Crippen molar-refractivity contribution in [3.05, 3.63) is 101 Å². The number of hydrogen-bond donors (Lipinski definition) is 2. The Morgan fingerprint density at radius 1 is 1.00 bits per heavy atom. The minimum Gasteiger partial charge on any atom is -0.351 e. The highest BCUT2D eigenvalue weighted by molar-refractivity contribution is 7.80. The molecule has 0 bridgehead atoms. The number of aryl methyl sites for hydroxylation is 3. The van der Waals surface area contributed by atoms with E-state index < -0.39 is 0 Å². The predicted molar refractivity (Wildman–Crippen MR) is 156 cm³/mol. The summed E-state index contributed by atoms with van der Waals surface area (Å²) >= 11 is 5.94. The van der Waals surface area contributed by atoms with Crippen molar-refractivity contribution in [3.63, 3.8) is 0 Å². The van der Waals surface area contributed by atoms with Crippen molar-refractivity contribution in [1.82, 2.24) is 19.9 Å². The zero-order valence-corrected chi connectivity index (χ0v) is 23.1. The fourth-order valence-electron chi connectivity index (χ4n) is 5.25. The molecule has 1 fully saturated rings. The topological polar surface area (TPSA) is 75.1 Å². The Hall–Kier alpha value is -4.04. The van der Waals surface area contributed by atoms with Crippen LogP contribution in [0.3, 0.4) is 0 Å². The molecule has 194 valence electrons. The largest absolute Gasteiger partial charge is 0.351 e. The maximum absolute atomic E-state index is 12.0. The zero-order valence-electron chi connectivity index (χ0n) is 22.3. The van der Waals surface area contributed by atoms with Gasteiger partial charge in [0.2, 0.25) is 5.91 Å². The van der Waals surface area contributed by atoms with Gasteiger partial charge in [0.1, 0.15) is 5.82 Å². The number of rotatable bonds is 6. The molecule has 0 spiro atoms. The average molecular weight is 525 g/mol. The Balaban J connectivity index is 1.64. The minimum atomic E-state index is -0.151. The Kier molecular flexibility index (Phi) is 6.99. The highest BCUT2D eigenvalue weighted by Crippen LogP contribution is 2.44. The molecule has 1 aliphatic heterocycles. The van der Waals surface area contributed by atoms with Crippen LogP contribution in [-0.4, -0.2) is 25.6 Å². The van der Waals surface area contributed by atoms with Gasteiger partial charge in [0, 0.05) is 41.6 Å². The normalized spacial score (nSPS) is 17.0. The Morgan fingerprint density at radius 3 is 2.47 bits per heavy atom. The third kappa shape index (κ3) is 4.56. The molecule has 1 amide bonds. The van der Waals surface area contributed by atoms with Crippen LogP contribution in [0.5, 0.6) is 0 Å². The number of thiocarbonyl (C=S) groups is 1. The summed E-state index contributed by atoms with van der Waals surface area (Å²) in [6.07, 6.45) is 4.08. The summed E-state index contributed by atoms with van der Waals surface area (Å²) in [7, 11) is 0. The SMILES string of the molecule is CCC(=O)Nc1ccc(N2C(=S)N[C@H](c3ccccn3)[C@@H]2c2cc(C)n(-c3ncccc3C)c2C)cc1C. The number of carbonyl (C=O) groups excluding carboxylic acids is 1. The summed E-state index contributed by atoms with van der Waals surface area (Å²) < 4.78 is 2.22. The number of pyridine rings is 2. The summed E-state index contributed by atoms with van der Waals surface area (Å²) in [6, 6.07) is 18.0. The smallest absolute Gasteiger partial charge is 0.224 e. The number of amides is 1. The van der Waals surface area contributed by atoms with Crippen LogP contribution in [0.15, 0.2) is 67.0 Å². The van der Waals surface area contributed by atoms with E-state index in [0.717, 1.165) is 51.0 Å². The molecule has 0 unspecified atom stereocenters. The molecule has 1 saturated heterocycles. The van der Waals surface area contributed by atoms with Gasteiger partial charge >= 0.3 is 0 Å². The molecule has 2 atom stereocenters. The van der Waals surface area contributed by atoms with E-state index in [1.54, 1.807) is 0 Å². The zero-order chi connectivity index (χ0) is 27.0. The van der Waals surface area contributed by atoms with Crippen molar-refractivity contribution in [3.8, 4) is 5.82 Å². The van der Waals surface area contributed by atoms with Gasteiger partial charge in [0.25, 0.3) is 0 Å². The van der Waals surface area contributed by atoms with Gasteiger partial charge in [-0.15, -0.1) is 0 Å². The number of hydrogen-bond acceptors (Lipinski definition) is 4. The van der Waals surface area contributed by atoms with Crippen molar-refractivity contribution in [1.29, 1.82) is 0 Å². The van der Waals surface area contributed by atoms with Gasteiger partial charge in [-0.3, -0.25) is 9.78 Å². The molecule has 2 N–H and O–H groups in total. The molecule has 8 heteroatoms. The molecule has 1 aromatic carbocycles. The van der Waals surface area contributed by atoms with Crippen LogP contribution in [0.2, 0.25) is 0 Å². The van der Waals surface area contributed by atoms with Crippen molar-refractivity contribution >= 4 is 34.6 Å². The van der Waals surface area contributed by atoms with Gasteiger partial charge < -0.3 is 20.1 Å². The molecule has 5 rings (SSSR count). The van der Waals surface area contributed by atoms with Crippen LogP contribution < -0.4 is 15.5 Å². The standard InChI is InChI=1S/C30H32N6OS/c1-6-26(37)33-24-13-12-22(16-19(24)3)36-28(27(34-30(36)38)25-11-7-8-14-31-25)23-17-20(4)35(21(23)5)29-18(2)10-9-15-32-29/h7-17,27-28H,6H2,1-5H3,(H,33,37)(H,34,38)/t27-,28+/m1/s1. The summed E-state index contributed by atoms with van der Waals surface area (Å²) in [5.74, 6) is 0.916. The number of nitrogens with zero attached hydrogens (tertiary/aromatic N) is 4. The van der Waals surface area contributed by atoms with E-state index in [1.165, 1.54) is 0 Å². The molecular weight excluding hydrogens is 492 g/mol. The van der Waals surface area contributed by atoms with E-state index in [-0.39, 0.29) is 18.0 Å². The first-order valence-electron chi connectivity index (χ1n) is 12.8. The van der Waals surface area contributed by atoms with Crippen molar-refractivity contribution in [2.24, 2.45) is 0 Å². The van der Waals surface area contributed by atoms with Gasteiger partial charge in [-0.2, -0.15) is 0 Å². The Labute approximate surface area is 228 Å². The maximum atomic E-state index is 12.0. The van der Waals surface area contributed by atoms with Gasteiger partial charge in [-0.25, -0.2) is 4.98 Å². The summed E-state index contributed by atoms with van der Waals surface area (Å²) in [6.45, 7) is 10.2. The molecule has 0 saturated carbocycles. The van der Waals surface area contributed by atoms with Crippen LogP contribution in [0.4, 0.5) is 11.4 Å². The van der Waals surface area contributed by atoms with E-state index in [1.807, 2.05) is 62.6 Å². The Bertz CT molecular complexity index is 1510. The number of carbonyl (C=O) groups is 1. The van der Waals surface area contributed by atoms with Crippen LogP contribution in [-0.2, 0) is 4.79 Å². The number of benzene rings is 1. The third-order valence-electron chi connectivity index (χ3n) is 7.16. The summed E-state index contributed by atoms with van der Waals surface area (Å²) in [4.78, 5) is 23.6. The van der Waals surface area contributed by atoms with Crippen molar-refractivity contribution in [2.45, 2.75) is 53.1 Å². The lowest BCUT2D eigenvalue weighted by molar-refractivity contribution is -0.115. The van der Waals surface area contributed by atoms with Gasteiger partial charge in [0.05, 0.1) is 17.8 Å². The molecule has 0 radical (unpaired) electrons. The highest BCUT2D eigenvalue weighted by atomic mass is 32.1. The molecule has 7 nitrogen and oxygen atoms in total. The van der Waals surface area contributed by atoms with Crippen molar-refractivity contribution < 1.29 is 4.79 Å². The van der Waals surface area contributed by atoms with Crippen LogP contribution in [0.25, 0.3) is 5.82 Å².